The molecule has 0 bridgehead atoms. The molecule has 0 radical (unpaired) electrons. The van der Waals surface area contributed by atoms with Crippen LogP contribution in [0.4, 0.5) is 0 Å². The fourth-order valence-electron chi connectivity index (χ4n) is 2.14. The summed E-state index contributed by atoms with van der Waals surface area (Å²) < 4.78 is 7.14. The normalized spacial score (nSPS) is 25.2. The molecule has 0 saturated carbocycles. The van der Waals surface area contributed by atoms with Crippen LogP contribution in [0.3, 0.4) is 0 Å². The molecule has 0 amide bonds. The first-order valence-corrected chi connectivity index (χ1v) is 5.45. The Hall–Kier alpha value is -1.36. The predicted molar refractivity (Wildman–Crippen MR) is 57.3 cm³/mol. The van der Waals surface area contributed by atoms with Crippen LogP contribution in [-0.2, 0) is 9.53 Å². The van der Waals surface area contributed by atoms with Crippen molar-refractivity contribution < 1.29 is 14.6 Å². The molecule has 1 N–H and O–H groups in total. The van der Waals surface area contributed by atoms with E-state index in [1.165, 1.54) is 0 Å². The molecular formula is C11H16N2O3. The van der Waals surface area contributed by atoms with Crippen molar-refractivity contribution in [1.82, 2.24) is 9.78 Å². The van der Waals surface area contributed by atoms with Gasteiger partial charge in [0, 0.05) is 23.9 Å². The first-order chi connectivity index (χ1) is 7.61. The van der Waals surface area contributed by atoms with E-state index in [1.807, 2.05) is 24.6 Å². The van der Waals surface area contributed by atoms with Gasteiger partial charge in [-0.3, -0.25) is 9.48 Å². The first-order valence-electron chi connectivity index (χ1n) is 5.45. The van der Waals surface area contributed by atoms with Crippen molar-refractivity contribution >= 4 is 5.97 Å². The third kappa shape index (κ3) is 1.82. The van der Waals surface area contributed by atoms with Gasteiger partial charge >= 0.3 is 5.97 Å². The van der Waals surface area contributed by atoms with Gasteiger partial charge < -0.3 is 9.84 Å². The van der Waals surface area contributed by atoms with E-state index in [1.54, 1.807) is 6.20 Å². The maximum absolute atomic E-state index is 11.1. The van der Waals surface area contributed by atoms with Gasteiger partial charge in [0.1, 0.15) is 0 Å². The minimum absolute atomic E-state index is 0.0811. The molecule has 0 unspecified atom stereocenters. The summed E-state index contributed by atoms with van der Waals surface area (Å²) in [5.41, 5.74) is 0.958. The van der Waals surface area contributed by atoms with Crippen LogP contribution in [0.2, 0.25) is 0 Å². The largest absolute Gasteiger partial charge is 0.481 e. The Morgan fingerprint density at radius 3 is 3.00 bits per heavy atom. The fourth-order valence-corrected chi connectivity index (χ4v) is 2.14. The highest BCUT2D eigenvalue weighted by atomic mass is 16.5. The zero-order valence-electron chi connectivity index (χ0n) is 9.46. The van der Waals surface area contributed by atoms with E-state index in [2.05, 4.69) is 5.10 Å². The SMILES string of the molecule is CC(C)n1nccc1[C@H]1COC[C@H]1C(=O)O. The molecule has 5 nitrogen and oxygen atoms in total. The summed E-state index contributed by atoms with van der Waals surface area (Å²) >= 11 is 0. The second-order valence-corrected chi connectivity index (χ2v) is 4.38. The molecule has 0 aliphatic carbocycles. The molecule has 1 aromatic rings. The molecule has 2 heterocycles. The lowest BCUT2D eigenvalue weighted by atomic mass is 9.93. The van der Waals surface area contributed by atoms with Gasteiger partial charge in [-0.15, -0.1) is 0 Å². The van der Waals surface area contributed by atoms with E-state index in [-0.39, 0.29) is 12.0 Å². The van der Waals surface area contributed by atoms with E-state index in [0.29, 0.717) is 13.2 Å². The van der Waals surface area contributed by atoms with Crippen LogP contribution in [-0.4, -0.2) is 34.1 Å². The van der Waals surface area contributed by atoms with Crippen molar-refractivity contribution in [3.05, 3.63) is 18.0 Å². The lowest BCUT2D eigenvalue weighted by molar-refractivity contribution is -0.142. The number of ether oxygens (including phenoxy) is 1. The summed E-state index contributed by atoms with van der Waals surface area (Å²) in [4.78, 5) is 11.1. The number of hydrogen-bond donors (Lipinski definition) is 1. The highest BCUT2D eigenvalue weighted by Crippen LogP contribution is 2.31. The van der Waals surface area contributed by atoms with Gasteiger partial charge in [0.15, 0.2) is 0 Å². The van der Waals surface area contributed by atoms with Crippen molar-refractivity contribution in [2.45, 2.75) is 25.8 Å². The van der Waals surface area contributed by atoms with Crippen LogP contribution in [0, 0.1) is 5.92 Å². The number of carbonyl (C=O) groups is 1. The molecule has 16 heavy (non-hydrogen) atoms. The van der Waals surface area contributed by atoms with Gasteiger partial charge in [-0.1, -0.05) is 0 Å². The van der Waals surface area contributed by atoms with Gasteiger partial charge in [0.25, 0.3) is 0 Å². The number of carboxylic acids is 1. The van der Waals surface area contributed by atoms with Crippen LogP contribution < -0.4 is 0 Å². The van der Waals surface area contributed by atoms with Crippen molar-refractivity contribution in [1.29, 1.82) is 0 Å². The molecule has 1 aliphatic rings. The van der Waals surface area contributed by atoms with E-state index in [0.717, 1.165) is 5.69 Å². The quantitative estimate of drug-likeness (QED) is 0.840. The highest BCUT2D eigenvalue weighted by Gasteiger charge is 2.37. The van der Waals surface area contributed by atoms with Crippen LogP contribution in [0.25, 0.3) is 0 Å². The zero-order chi connectivity index (χ0) is 11.7. The lowest BCUT2D eigenvalue weighted by Crippen LogP contribution is -2.23. The molecule has 1 fully saturated rings. The standard InChI is InChI=1S/C11H16N2O3/c1-7(2)13-10(3-4-12-13)8-5-16-6-9(8)11(14)15/h3-4,7-9H,5-6H2,1-2H3,(H,14,15)/t8-,9+/m0/s1. The Kier molecular flexibility index (Phi) is 2.96. The summed E-state index contributed by atoms with van der Waals surface area (Å²) in [5.74, 6) is -1.32. The lowest BCUT2D eigenvalue weighted by Gasteiger charge is -2.17. The summed E-state index contributed by atoms with van der Waals surface area (Å²) in [6.07, 6.45) is 1.71. The average molecular weight is 224 g/mol. The maximum Gasteiger partial charge on any atom is 0.309 e. The van der Waals surface area contributed by atoms with Gasteiger partial charge in [0.05, 0.1) is 19.1 Å². The van der Waals surface area contributed by atoms with E-state index >= 15 is 0 Å². The molecular weight excluding hydrogens is 208 g/mol. The Labute approximate surface area is 94.0 Å². The van der Waals surface area contributed by atoms with E-state index < -0.39 is 11.9 Å². The number of nitrogens with zero attached hydrogens (tertiary/aromatic N) is 2. The third-order valence-electron chi connectivity index (χ3n) is 2.97. The Morgan fingerprint density at radius 1 is 1.62 bits per heavy atom. The Bertz CT molecular complexity index is 386. The highest BCUT2D eigenvalue weighted by molar-refractivity contribution is 5.71. The molecule has 2 rings (SSSR count). The number of aliphatic carboxylic acids is 1. The smallest absolute Gasteiger partial charge is 0.309 e. The first kappa shape index (κ1) is 11.1. The minimum Gasteiger partial charge on any atom is -0.481 e. The number of rotatable bonds is 3. The summed E-state index contributed by atoms with van der Waals surface area (Å²) in [6, 6.07) is 2.12. The van der Waals surface area contributed by atoms with Crippen LogP contribution in [0.15, 0.2) is 12.3 Å². The molecule has 1 saturated heterocycles. The van der Waals surface area contributed by atoms with E-state index in [4.69, 9.17) is 9.84 Å². The van der Waals surface area contributed by atoms with Gasteiger partial charge in [0.2, 0.25) is 0 Å². The molecule has 5 heteroatoms. The number of hydrogen-bond acceptors (Lipinski definition) is 3. The van der Waals surface area contributed by atoms with Crippen molar-refractivity contribution in [3.8, 4) is 0 Å². The van der Waals surface area contributed by atoms with Crippen molar-refractivity contribution in [3.63, 3.8) is 0 Å². The van der Waals surface area contributed by atoms with Crippen LogP contribution >= 0.6 is 0 Å². The second kappa shape index (κ2) is 4.25. The van der Waals surface area contributed by atoms with Gasteiger partial charge in [-0.25, -0.2) is 0 Å². The third-order valence-corrected chi connectivity index (χ3v) is 2.97. The van der Waals surface area contributed by atoms with Crippen LogP contribution in [0.1, 0.15) is 31.5 Å². The Morgan fingerprint density at radius 2 is 2.38 bits per heavy atom. The molecule has 1 aliphatic heterocycles. The number of aromatic nitrogens is 2. The summed E-state index contributed by atoms with van der Waals surface area (Å²) in [5, 5.41) is 13.3. The molecule has 0 spiro atoms. The predicted octanol–water partition coefficient (Wildman–Crippen LogP) is 1.28. The average Bonchev–Trinajstić information content (AvgIpc) is 2.85. The molecule has 88 valence electrons. The van der Waals surface area contributed by atoms with E-state index in [9.17, 15) is 4.79 Å². The van der Waals surface area contributed by atoms with Crippen molar-refractivity contribution in [2.75, 3.05) is 13.2 Å². The van der Waals surface area contributed by atoms with Crippen LogP contribution in [0.5, 0.6) is 0 Å². The Balaban J connectivity index is 2.29. The topological polar surface area (TPSA) is 64.4 Å². The zero-order valence-corrected chi connectivity index (χ0v) is 9.46. The fraction of sp³-hybridized carbons (Fsp3) is 0.636. The summed E-state index contributed by atoms with van der Waals surface area (Å²) in [6.45, 7) is 4.82. The second-order valence-electron chi connectivity index (χ2n) is 4.38. The molecule has 1 aromatic heterocycles. The summed E-state index contributed by atoms with van der Waals surface area (Å²) in [7, 11) is 0. The van der Waals surface area contributed by atoms with Gasteiger partial charge in [-0.05, 0) is 19.9 Å². The maximum atomic E-state index is 11.1. The van der Waals surface area contributed by atoms with Gasteiger partial charge in [-0.2, -0.15) is 5.10 Å². The number of carboxylic acid groups (broad SMARTS) is 1. The minimum atomic E-state index is -0.793. The molecule has 2 atom stereocenters. The molecule has 0 aromatic carbocycles. The monoisotopic (exact) mass is 224 g/mol. The van der Waals surface area contributed by atoms with Crippen molar-refractivity contribution in [2.24, 2.45) is 5.92 Å².